The van der Waals surface area contributed by atoms with E-state index in [1.807, 2.05) is 4.68 Å². The van der Waals surface area contributed by atoms with Crippen molar-refractivity contribution >= 4 is 0 Å². The molecule has 1 aromatic heterocycles. The maximum Gasteiger partial charge on any atom is 0.0764 e. The standard InChI is InChI=1S/C12H24N4/c1-4-11(2)16-9-6-12(14-16)10-15(3)8-5-7-13/h6,9,11H,4-5,7-8,10,13H2,1-3H3. The molecule has 1 aromatic rings. The molecule has 0 aliphatic rings. The van der Waals surface area contributed by atoms with Crippen molar-refractivity contribution in [2.45, 2.75) is 39.3 Å². The molecule has 1 atom stereocenters. The van der Waals surface area contributed by atoms with Crippen LogP contribution < -0.4 is 5.73 Å². The number of hydrogen-bond acceptors (Lipinski definition) is 3. The van der Waals surface area contributed by atoms with Gasteiger partial charge in [-0.25, -0.2) is 0 Å². The summed E-state index contributed by atoms with van der Waals surface area (Å²) in [6.45, 7) is 7.07. The highest BCUT2D eigenvalue weighted by molar-refractivity contribution is 4.99. The zero-order chi connectivity index (χ0) is 12.0. The maximum absolute atomic E-state index is 5.49. The third-order valence-electron chi connectivity index (χ3n) is 2.88. The molecule has 0 aliphatic heterocycles. The summed E-state index contributed by atoms with van der Waals surface area (Å²) in [5.74, 6) is 0. The molecule has 0 bridgehead atoms. The van der Waals surface area contributed by atoms with Crippen LogP contribution in [-0.4, -0.2) is 34.8 Å². The molecule has 0 saturated carbocycles. The molecule has 0 aromatic carbocycles. The van der Waals surface area contributed by atoms with E-state index in [0.717, 1.165) is 38.2 Å². The summed E-state index contributed by atoms with van der Waals surface area (Å²) in [7, 11) is 2.11. The average molecular weight is 224 g/mol. The summed E-state index contributed by atoms with van der Waals surface area (Å²) < 4.78 is 2.05. The van der Waals surface area contributed by atoms with E-state index in [4.69, 9.17) is 5.73 Å². The first-order valence-electron chi connectivity index (χ1n) is 6.10. The van der Waals surface area contributed by atoms with Gasteiger partial charge in [-0.1, -0.05) is 6.92 Å². The number of nitrogens with two attached hydrogens (primary N) is 1. The fraction of sp³-hybridized carbons (Fsp3) is 0.750. The van der Waals surface area contributed by atoms with Crippen LogP contribution in [0.2, 0.25) is 0 Å². The highest BCUT2D eigenvalue weighted by Crippen LogP contribution is 2.10. The van der Waals surface area contributed by atoms with Gasteiger partial charge in [0, 0.05) is 18.8 Å². The molecule has 16 heavy (non-hydrogen) atoms. The normalized spacial score (nSPS) is 13.3. The number of aromatic nitrogens is 2. The number of hydrogen-bond donors (Lipinski definition) is 1. The monoisotopic (exact) mass is 224 g/mol. The van der Waals surface area contributed by atoms with E-state index in [2.05, 4.69) is 43.2 Å². The van der Waals surface area contributed by atoms with Crippen molar-refractivity contribution in [3.63, 3.8) is 0 Å². The SMILES string of the molecule is CCC(C)n1ccc(CN(C)CCCN)n1. The average Bonchev–Trinajstić information content (AvgIpc) is 2.73. The largest absolute Gasteiger partial charge is 0.330 e. The first-order valence-corrected chi connectivity index (χ1v) is 6.10. The Morgan fingerprint density at radius 2 is 2.31 bits per heavy atom. The van der Waals surface area contributed by atoms with Crippen molar-refractivity contribution in [1.82, 2.24) is 14.7 Å². The second kappa shape index (κ2) is 6.66. The third kappa shape index (κ3) is 3.94. The summed E-state index contributed by atoms with van der Waals surface area (Å²) in [5, 5.41) is 4.57. The smallest absolute Gasteiger partial charge is 0.0764 e. The van der Waals surface area contributed by atoms with Crippen LogP contribution in [0.4, 0.5) is 0 Å². The van der Waals surface area contributed by atoms with Crippen molar-refractivity contribution in [2.24, 2.45) is 5.73 Å². The van der Waals surface area contributed by atoms with E-state index in [1.54, 1.807) is 0 Å². The lowest BCUT2D eigenvalue weighted by Gasteiger charge is -2.14. The summed E-state index contributed by atoms with van der Waals surface area (Å²) in [6, 6.07) is 2.59. The van der Waals surface area contributed by atoms with E-state index in [0.29, 0.717) is 6.04 Å². The minimum atomic E-state index is 0.489. The molecule has 0 amide bonds. The molecule has 1 unspecified atom stereocenters. The molecule has 0 saturated heterocycles. The lowest BCUT2D eigenvalue weighted by Crippen LogP contribution is -2.21. The Bertz CT molecular complexity index is 295. The Morgan fingerprint density at radius 3 is 2.94 bits per heavy atom. The molecule has 0 radical (unpaired) electrons. The first kappa shape index (κ1) is 13.2. The van der Waals surface area contributed by atoms with Crippen LogP contribution >= 0.6 is 0 Å². The van der Waals surface area contributed by atoms with Crippen LogP contribution in [-0.2, 0) is 6.54 Å². The maximum atomic E-state index is 5.49. The van der Waals surface area contributed by atoms with E-state index in [-0.39, 0.29) is 0 Å². The minimum Gasteiger partial charge on any atom is -0.330 e. The second-order valence-electron chi connectivity index (χ2n) is 4.42. The van der Waals surface area contributed by atoms with Gasteiger partial charge in [-0.2, -0.15) is 5.10 Å². The van der Waals surface area contributed by atoms with Crippen LogP contribution in [0.5, 0.6) is 0 Å². The van der Waals surface area contributed by atoms with Crippen molar-refractivity contribution in [2.75, 3.05) is 20.1 Å². The Labute approximate surface area is 98.4 Å². The van der Waals surface area contributed by atoms with Gasteiger partial charge in [-0.3, -0.25) is 4.68 Å². The fourth-order valence-electron chi connectivity index (χ4n) is 1.61. The lowest BCUT2D eigenvalue weighted by atomic mass is 10.3. The highest BCUT2D eigenvalue weighted by Gasteiger charge is 2.06. The minimum absolute atomic E-state index is 0.489. The summed E-state index contributed by atoms with van der Waals surface area (Å²) >= 11 is 0. The molecule has 1 rings (SSSR count). The Kier molecular flexibility index (Phi) is 5.49. The zero-order valence-corrected chi connectivity index (χ0v) is 10.7. The second-order valence-corrected chi connectivity index (χ2v) is 4.42. The van der Waals surface area contributed by atoms with Crippen LogP contribution in [0.25, 0.3) is 0 Å². The van der Waals surface area contributed by atoms with Crippen LogP contribution in [0.1, 0.15) is 38.4 Å². The molecule has 0 spiro atoms. The fourth-order valence-corrected chi connectivity index (χ4v) is 1.61. The molecular formula is C12H24N4. The lowest BCUT2D eigenvalue weighted by molar-refractivity contribution is 0.317. The van der Waals surface area contributed by atoms with Gasteiger partial charge in [-0.15, -0.1) is 0 Å². The van der Waals surface area contributed by atoms with Crippen LogP contribution in [0, 0.1) is 0 Å². The molecule has 4 nitrogen and oxygen atoms in total. The molecule has 2 N–H and O–H groups in total. The van der Waals surface area contributed by atoms with Gasteiger partial charge in [0.25, 0.3) is 0 Å². The van der Waals surface area contributed by atoms with Crippen LogP contribution in [0.3, 0.4) is 0 Å². The van der Waals surface area contributed by atoms with Gasteiger partial charge >= 0.3 is 0 Å². The quantitative estimate of drug-likeness (QED) is 0.766. The summed E-state index contributed by atoms with van der Waals surface area (Å²) in [6.07, 6.45) is 4.23. The summed E-state index contributed by atoms with van der Waals surface area (Å²) in [4.78, 5) is 2.26. The van der Waals surface area contributed by atoms with Crippen molar-refractivity contribution in [3.8, 4) is 0 Å². The molecule has 92 valence electrons. The van der Waals surface area contributed by atoms with Crippen molar-refractivity contribution < 1.29 is 0 Å². The van der Waals surface area contributed by atoms with Gasteiger partial charge in [0.2, 0.25) is 0 Å². The van der Waals surface area contributed by atoms with Crippen molar-refractivity contribution in [1.29, 1.82) is 0 Å². The van der Waals surface area contributed by atoms with E-state index in [9.17, 15) is 0 Å². The van der Waals surface area contributed by atoms with Gasteiger partial charge in [0.05, 0.1) is 5.69 Å². The van der Waals surface area contributed by atoms with Gasteiger partial charge in [0.15, 0.2) is 0 Å². The van der Waals surface area contributed by atoms with Crippen molar-refractivity contribution in [3.05, 3.63) is 18.0 Å². The van der Waals surface area contributed by atoms with E-state index < -0.39 is 0 Å². The van der Waals surface area contributed by atoms with Gasteiger partial charge in [0.1, 0.15) is 0 Å². The van der Waals surface area contributed by atoms with Gasteiger partial charge < -0.3 is 10.6 Å². The highest BCUT2D eigenvalue weighted by atomic mass is 15.3. The molecular weight excluding hydrogens is 200 g/mol. The topological polar surface area (TPSA) is 47.1 Å². The first-order chi connectivity index (χ1) is 7.67. The Hall–Kier alpha value is -0.870. The summed E-state index contributed by atoms with van der Waals surface area (Å²) in [5.41, 5.74) is 6.62. The Morgan fingerprint density at radius 1 is 1.56 bits per heavy atom. The van der Waals surface area contributed by atoms with Crippen LogP contribution in [0.15, 0.2) is 12.3 Å². The van der Waals surface area contributed by atoms with Gasteiger partial charge in [-0.05, 0) is 46.0 Å². The molecule has 0 fully saturated rings. The number of rotatable bonds is 7. The molecule has 1 heterocycles. The predicted octanol–water partition coefficient (Wildman–Crippen LogP) is 1.63. The third-order valence-corrected chi connectivity index (χ3v) is 2.88. The van der Waals surface area contributed by atoms with E-state index >= 15 is 0 Å². The molecule has 0 aliphatic carbocycles. The number of nitrogens with zero attached hydrogens (tertiary/aromatic N) is 3. The molecule has 4 heteroatoms. The van der Waals surface area contributed by atoms with E-state index in [1.165, 1.54) is 0 Å². The predicted molar refractivity (Wildman–Crippen MR) is 67.2 cm³/mol. The Balaban J connectivity index is 2.45. The zero-order valence-electron chi connectivity index (χ0n) is 10.7.